The van der Waals surface area contributed by atoms with E-state index < -0.39 is 5.60 Å². The van der Waals surface area contributed by atoms with Crippen molar-refractivity contribution in [2.24, 2.45) is 0 Å². The molecule has 1 amide bonds. The molecule has 31 heavy (non-hydrogen) atoms. The first-order valence-corrected chi connectivity index (χ1v) is 10.2. The lowest BCUT2D eigenvalue weighted by Gasteiger charge is -2.22. The molecule has 1 aliphatic rings. The number of furan rings is 1. The Morgan fingerprint density at radius 2 is 2.10 bits per heavy atom. The average molecular weight is 421 g/mol. The molecule has 3 heterocycles. The van der Waals surface area contributed by atoms with Gasteiger partial charge in [0.1, 0.15) is 23.6 Å². The lowest BCUT2D eigenvalue weighted by molar-refractivity contribution is -0.126. The molecule has 1 N–H and O–H groups in total. The maximum Gasteiger partial charge on any atom is 0.246 e. The van der Waals surface area contributed by atoms with Gasteiger partial charge in [0.2, 0.25) is 5.91 Å². The van der Waals surface area contributed by atoms with E-state index in [0.717, 1.165) is 27.9 Å². The number of para-hydroxylation sites is 1. The number of hydrogen-bond acceptors (Lipinski definition) is 6. The lowest BCUT2D eigenvalue weighted by atomic mass is 10.1. The molecule has 1 aromatic carbocycles. The number of hydrogen-bond donors (Lipinski definition) is 1. The first-order valence-electron chi connectivity index (χ1n) is 10.2. The van der Waals surface area contributed by atoms with Crippen LogP contribution in [0.3, 0.4) is 0 Å². The number of fused-ring (bicyclic) bond motifs is 2. The first-order chi connectivity index (χ1) is 14.7. The Morgan fingerprint density at radius 1 is 1.32 bits per heavy atom. The summed E-state index contributed by atoms with van der Waals surface area (Å²) < 4.78 is 11.8. The summed E-state index contributed by atoms with van der Waals surface area (Å²) >= 11 is 0. The fourth-order valence-electron chi connectivity index (χ4n) is 3.45. The van der Waals surface area contributed by atoms with Crippen molar-refractivity contribution in [3.8, 4) is 5.75 Å². The summed E-state index contributed by atoms with van der Waals surface area (Å²) in [6, 6.07) is 9.52. The van der Waals surface area contributed by atoms with E-state index in [1.165, 1.54) is 6.08 Å². The third-order valence-corrected chi connectivity index (χ3v) is 5.48. The number of rotatable bonds is 4. The highest BCUT2D eigenvalue weighted by molar-refractivity contribution is 5.92. The monoisotopic (exact) mass is 421 g/mol. The summed E-state index contributed by atoms with van der Waals surface area (Å²) in [5.41, 5.74) is 5.00. The standard InChI is InChI=1S/C24H27N3O4/c1-15-18-8-6-7-9-19(18)30-22(15)16(2)27(5)21(28)11-10-17-12-20-23(25-13-17)26-31-24(3,4)14-29-20/h6-13,16H,14H2,1-5H3,(H,25,26)/t16-/m1/s1. The Balaban J connectivity index is 1.49. The van der Waals surface area contributed by atoms with Gasteiger partial charge in [0.25, 0.3) is 0 Å². The molecular formula is C24H27N3O4. The molecule has 162 valence electrons. The van der Waals surface area contributed by atoms with Crippen molar-refractivity contribution in [2.75, 3.05) is 19.1 Å². The van der Waals surface area contributed by atoms with Crippen LogP contribution in [-0.2, 0) is 9.63 Å². The molecular weight excluding hydrogens is 394 g/mol. The number of pyridine rings is 1. The summed E-state index contributed by atoms with van der Waals surface area (Å²) in [4.78, 5) is 24.4. The summed E-state index contributed by atoms with van der Waals surface area (Å²) in [5.74, 6) is 1.75. The minimum Gasteiger partial charge on any atom is -0.487 e. The van der Waals surface area contributed by atoms with Gasteiger partial charge in [-0.3, -0.25) is 9.63 Å². The number of aromatic nitrogens is 1. The second-order valence-corrected chi connectivity index (χ2v) is 8.41. The summed E-state index contributed by atoms with van der Waals surface area (Å²) in [7, 11) is 1.77. The van der Waals surface area contributed by atoms with Crippen molar-refractivity contribution < 1.29 is 18.8 Å². The minimum atomic E-state index is -0.472. The van der Waals surface area contributed by atoms with Gasteiger partial charge in [-0.05, 0) is 51.5 Å². The van der Waals surface area contributed by atoms with Crippen molar-refractivity contribution in [1.29, 1.82) is 0 Å². The van der Waals surface area contributed by atoms with E-state index >= 15 is 0 Å². The van der Waals surface area contributed by atoms with Gasteiger partial charge in [-0.25, -0.2) is 10.5 Å². The smallest absolute Gasteiger partial charge is 0.246 e. The van der Waals surface area contributed by atoms with E-state index in [2.05, 4.69) is 10.5 Å². The van der Waals surface area contributed by atoms with Crippen LogP contribution in [0.15, 0.2) is 47.0 Å². The first kappa shape index (κ1) is 20.9. The third kappa shape index (κ3) is 4.27. The van der Waals surface area contributed by atoms with Crippen molar-refractivity contribution in [1.82, 2.24) is 9.88 Å². The molecule has 0 bridgehead atoms. The van der Waals surface area contributed by atoms with Gasteiger partial charge in [0, 0.05) is 30.3 Å². The molecule has 0 fully saturated rings. The molecule has 0 aliphatic carbocycles. The third-order valence-electron chi connectivity index (χ3n) is 5.48. The van der Waals surface area contributed by atoms with Crippen molar-refractivity contribution in [3.63, 3.8) is 0 Å². The van der Waals surface area contributed by atoms with Crippen LogP contribution in [0.25, 0.3) is 17.0 Å². The van der Waals surface area contributed by atoms with Crippen molar-refractivity contribution in [3.05, 3.63) is 59.5 Å². The van der Waals surface area contributed by atoms with Gasteiger partial charge >= 0.3 is 0 Å². The van der Waals surface area contributed by atoms with Crippen LogP contribution in [0.1, 0.15) is 43.7 Å². The Hall–Kier alpha value is -3.32. The van der Waals surface area contributed by atoms with E-state index in [0.29, 0.717) is 18.2 Å². The molecule has 0 saturated carbocycles. The number of benzene rings is 1. The van der Waals surface area contributed by atoms with Crippen LogP contribution < -0.4 is 10.2 Å². The number of anilines is 1. The molecule has 7 heteroatoms. The van der Waals surface area contributed by atoms with Gasteiger partial charge in [0.15, 0.2) is 11.6 Å². The van der Waals surface area contributed by atoms with E-state index in [1.807, 2.05) is 58.0 Å². The zero-order chi connectivity index (χ0) is 22.2. The van der Waals surface area contributed by atoms with Crippen LogP contribution in [-0.4, -0.2) is 35.0 Å². The predicted molar refractivity (Wildman–Crippen MR) is 120 cm³/mol. The zero-order valence-corrected chi connectivity index (χ0v) is 18.4. The molecule has 0 radical (unpaired) electrons. The van der Waals surface area contributed by atoms with Gasteiger partial charge in [-0.1, -0.05) is 18.2 Å². The molecule has 0 saturated heterocycles. The number of carbonyl (C=O) groups is 1. The SMILES string of the molecule is Cc1c([C@@H](C)N(C)C(=O)C=Cc2cnc3c(c2)OCC(C)(C)ON3)oc2ccccc12. The Kier molecular flexibility index (Phi) is 5.45. The molecule has 4 rings (SSSR count). The van der Waals surface area contributed by atoms with Gasteiger partial charge in [-0.2, -0.15) is 0 Å². The molecule has 7 nitrogen and oxygen atoms in total. The second-order valence-electron chi connectivity index (χ2n) is 8.41. The number of likely N-dealkylation sites (N-methyl/N-ethyl adjacent to an activating group) is 1. The topological polar surface area (TPSA) is 76.8 Å². The maximum absolute atomic E-state index is 12.8. The van der Waals surface area contributed by atoms with Crippen LogP contribution in [0.4, 0.5) is 5.82 Å². The Labute approximate surface area is 181 Å². The maximum atomic E-state index is 12.8. The fourth-order valence-corrected chi connectivity index (χ4v) is 3.45. The van der Waals surface area contributed by atoms with Gasteiger partial charge in [0.05, 0.1) is 6.04 Å². The van der Waals surface area contributed by atoms with E-state index in [9.17, 15) is 4.79 Å². The molecule has 1 atom stereocenters. The highest BCUT2D eigenvalue weighted by Crippen LogP contribution is 2.32. The molecule has 2 aromatic heterocycles. The van der Waals surface area contributed by atoms with Crippen LogP contribution in [0.2, 0.25) is 0 Å². The largest absolute Gasteiger partial charge is 0.487 e. The minimum absolute atomic E-state index is 0.134. The highest BCUT2D eigenvalue weighted by Gasteiger charge is 2.26. The van der Waals surface area contributed by atoms with Crippen LogP contribution in [0, 0.1) is 6.92 Å². The number of amides is 1. The predicted octanol–water partition coefficient (Wildman–Crippen LogP) is 4.88. The molecule has 1 aliphatic heterocycles. The summed E-state index contributed by atoms with van der Waals surface area (Å²) in [6.45, 7) is 8.21. The highest BCUT2D eigenvalue weighted by atomic mass is 16.7. The second kappa shape index (κ2) is 8.07. The van der Waals surface area contributed by atoms with Crippen LogP contribution >= 0.6 is 0 Å². The van der Waals surface area contributed by atoms with Crippen molar-refractivity contribution >= 4 is 28.8 Å². The summed E-state index contributed by atoms with van der Waals surface area (Å²) in [6.07, 6.45) is 4.92. The molecule has 3 aromatic rings. The van der Waals surface area contributed by atoms with E-state index in [4.69, 9.17) is 14.0 Å². The van der Waals surface area contributed by atoms with Gasteiger partial charge in [-0.15, -0.1) is 0 Å². The fraction of sp³-hybridized carbons (Fsp3) is 0.333. The number of nitrogens with one attached hydrogen (secondary N) is 1. The van der Waals surface area contributed by atoms with Gasteiger partial charge < -0.3 is 14.1 Å². The summed E-state index contributed by atoms with van der Waals surface area (Å²) in [5, 5.41) is 1.07. The molecule has 0 unspecified atom stereocenters. The lowest BCUT2D eigenvalue weighted by Crippen LogP contribution is -2.32. The average Bonchev–Trinajstić information content (AvgIpc) is 3.02. The number of carbonyl (C=O) groups excluding carboxylic acids is 1. The van der Waals surface area contributed by atoms with Crippen molar-refractivity contribution in [2.45, 2.75) is 39.3 Å². The number of nitrogens with zero attached hydrogens (tertiary/aromatic N) is 2. The van der Waals surface area contributed by atoms with Crippen LogP contribution in [0.5, 0.6) is 5.75 Å². The van der Waals surface area contributed by atoms with E-state index in [-0.39, 0.29) is 11.9 Å². The number of ether oxygens (including phenoxy) is 1. The zero-order valence-electron chi connectivity index (χ0n) is 18.4. The number of aryl methyl sites for hydroxylation is 1. The Morgan fingerprint density at radius 3 is 2.87 bits per heavy atom. The quantitative estimate of drug-likeness (QED) is 0.605. The Bertz CT molecular complexity index is 1150. The molecule has 0 spiro atoms. The van der Waals surface area contributed by atoms with E-state index in [1.54, 1.807) is 24.2 Å². The normalized spacial score (nSPS) is 16.3.